The number of aryl methyl sites for hydroxylation is 1. The van der Waals surface area contributed by atoms with Crippen molar-refractivity contribution in [3.63, 3.8) is 0 Å². The molecule has 0 saturated carbocycles. The van der Waals surface area contributed by atoms with Crippen molar-refractivity contribution >= 4 is 12.6 Å². The fourth-order valence-corrected chi connectivity index (χ4v) is 1.36. The van der Waals surface area contributed by atoms with E-state index in [1.807, 2.05) is 13.0 Å². The van der Waals surface area contributed by atoms with Gasteiger partial charge in [-0.15, -0.1) is 12.6 Å². The van der Waals surface area contributed by atoms with Gasteiger partial charge in [-0.1, -0.05) is 6.92 Å². The molecule has 1 aromatic carbocycles. The topological polar surface area (TPSA) is 0 Å². The van der Waals surface area contributed by atoms with E-state index in [0.29, 0.717) is 4.90 Å². The second-order valence-electron chi connectivity index (χ2n) is 2.57. The predicted octanol–water partition coefficient (Wildman–Crippen LogP) is 2.99. The van der Waals surface area contributed by atoms with Gasteiger partial charge in [-0.3, -0.25) is 0 Å². The lowest BCUT2D eigenvalue weighted by Crippen LogP contribution is -1.90. The molecule has 1 aromatic rings. The Balaban J connectivity index is 3.24. The summed E-state index contributed by atoms with van der Waals surface area (Å²) in [6.07, 6.45) is 0.858. The fraction of sp³-hybridized carbons (Fsp3) is 0.333. The molecule has 0 N–H and O–H groups in total. The molecule has 0 aliphatic rings. The van der Waals surface area contributed by atoms with Crippen molar-refractivity contribution in [3.8, 4) is 0 Å². The van der Waals surface area contributed by atoms with Crippen molar-refractivity contribution in [2.24, 2.45) is 0 Å². The molecule has 2 heteroatoms. The van der Waals surface area contributed by atoms with Crippen LogP contribution in [0.15, 0.2) is 17.0 Å². The van der Waals surface area contributed by atoms with Crippen LogP contribution in [0.1, 0.15) is 18.1 Å². The van der Waals surface area contributed by atoms with Gasteiger partial charge in [0, 0.05) is 4.90 Å². The molecule has 0 saturated heterocycles. The van der Waals surface area contributed by atoms with E-state index < -0.39 is 0 Å². The summed E-state index contributed by atoms with van der Waals surface area (Å²) in [5, 5.41) is 0. The van der Waals surface area contributed by atoms with Crippen molar-refractivity contribution in [2.75, 3.05) is 0 Å². The molecule has 0 aliphatic carbocycles. The first-order valence-corrected chi connectivity index (χ1v) is 4.08. The maximum Gasteiger partial charge on any atom is 0.127 e. The molecule has 0 atom stereocenters. The molecule has 0 spiro atoms. The van der Waals surface area contributed by atoms with Crippen LogP contribution in [0.3, 0.4) is 0 Å². The SMILES string of the molecule is CCc1cc(S)cc(F)c1C. The van der Waals surface area contributed by atoms with Crippen LogP contribution in [-0.2, 0) is 6.42 Å². The summed E-state index contributed by atoms with van der Waals surface area (Å²) in [4.78, 5) is 0.699. The molecule has 0 radical (unpaired) electrons. The molecule has 0 unspecified atom stereocenters. The molecule has 60 valence electrons. The maximum atomic E-state index is 13.0. The number of rotatable bonds is 1. The van der Waals surface area contributed by atoms with Gasteiger partial charge in [0.05, 0.1) is 0 Å². The molecule has 0 aliphatic heterocycles. The Kier molecular flexibility index (Phi) is 2.55. The fourth-order valence-electron chi connectivity index (χ4n) is 1.09. The van der Waals surface area contributed by atoms with Crippen LogP contribution >= 0.6 is 12.6 Å². The second kappa shape index (κ2) is 3.26. The first-order valence-electron chi connectivity index (χ1n) is 3.63. The highest BCUT2D eigenvalue weighted by Crippen LogP contribution is 2.18. The zero-order chi connectivity index (χ0) is 8.43. The standard InChI is InChI=1S/C9H11FS/c1-3-7-4-8(11)5-9(10)6(7)2/h4-5,11H,3H2,1-2H3. The largest absolute Gasteiger partial charge is 0.207 e. The Morgan fingerprint density at radius 3 is 2.64 bits per heavy atom. The van der Waals surface area contributed by atoms with E-state index in [9.17, 15) is 4.39 Å². The molecule has 11 heavy (non-hydrogen) atoms. The van der Waals surface area contributed by atoms with Crippen molar-refractivity contribution < 1.29 is 4.39 Å². The van der Waals surface area contributed by atoms with Gasteiger partial charge >= 0.3 is 0 Å². The van der Waals surface area contributed by atoms with Crippen molar-refractivity contribution in [3.05, 3.63) is 29.1 Å². The third kappa shape index (κ3) is 1.74. The van der Waals surface area contributed by atoms with Crippen LogP contribution in [0.4, 0.5) is 4.39 Å². The van der Waals surface area contributed by atoms with Gasteiger partial charge in [0.2, 0.25) is 0 Å². The van der Waals surface area contributed by atoms with Gasteiger partial charge in [0.15, 0.2) is 0 Å². The Morgan fingerprint density at radius 1 is 1.45 bits per heavy atom. The normalized spacial score (nSPS) is 10.2. The molecule has 0 fully saturated rings. The zero-order valence-corrected chi connectivity index (χ0v) is 7.58. The van der Waals surface area contributed by atoms with Crippen molar-refractivity contribution in [2.45, 2.75) is 25.2 Å². The minimum Gasteiger partial charge on any atom is -0.207 e. The Bertz CT molecular complexity index is 269. The summed E-state index contributed by atoms with van der Waals surface area (Å²) in [5.74, 6) is -0.158. The molecule has 0 amide bonds. The van der Waals surface area contributed by atoms with E-state index in [1.165, 1.54) is 6.07 Å². The Hall–Kier alpha value is -0.500. The summed E-state index contributed by atoms with van der Waals surface area (Å²) >= 11 is 4.09. The van der Waals surface area contributed by atoms with Gasteiger partial charge < -0.3 is 0 Å². The van der Waals surface area contributed by atoms with Gasteiger partial charge in [0.1, 0.15) is 5.82 Å². The smallest absolute Gasteiger partial charge is 0.127 e. The summed E-state index contributed by atoms with van der Waals surface area (Å²) in [7, 11) is 0. The molecule has 0 heterocycles. The second-order valence-corrected chi connectivity index (χ2v) is 3.08. The first-order chi connectivity index (χ1) is 5.15. The summed E-state index contributed by atoms with van der Waals surface area (Å²) in [6, 6.07) is 3.35. The molecular formula is C9H11FS. The van der Waals surface area contributed by atoms with E-state index in [1.54, 1.807) is 6.92 Å². The summed E-state index contributed by atoms with van der Waals surface area (Å²) in [5.41, 5.74) is 1.78. The number of halogens is 1. The lowest BCUT2D eigenvalue weighted by molar-refractivity contribution is 0.612. The third-order valence-electron chi connectivity index (χ3n) is 1.82. The quantitative estimate of drug-likeness (QED) is 0.615. The Morgan fingerprint density at radius 2 is 2.09 bits per heavy atom. The predicted molar refractivity (Wildman–Crippen MR) is 47.8 cm³/mol. The van der Waals surface area contributed by atoms with Crippen molar-refractivity contribution in [1.29, 1.82) is 0 Å². The van der Waals surface area contributed by atoms with E-state index in [2.05, 4.69) is 12.6 Å². The van der Waals surface area contributed by atoms with Gasteiger partial charge in [-0.05, 0) is 36.6 Å². The summed E-state index contributed by atoms with van der Waals surface area (Å²) < 4.78 is 13.0. The van der Waals surface area contributed by atoms with Crippen molar-refractivity contribution in [1.82, 2.24) is 0 Å². The highest BCUT2D eigenvalue weighted by Gasteiger charge is 2.02. The van der Waals surface area contributed by atoms with Gasteiger partial charge in [-0.2, -0.15) is 0 Å². The third-order valence-corrected chi connectivity index (χ3v) is 2.08. The number of hydrogen-bond acceptors (Lipinski definition) is 1. The number of benzene rings is 1. The van der Waals surface area contributed by atoms with E-state index in [-0.39, 0.29) is 5.82 Å². The minimum atomic E-state index is -0.158. The minimum absolute atomic E-state index is 0.158. The first kappa shape index (κ1) is 8.60. The average Bonchev–Trinajstić information content (AvgIpc) is 1.96. The molecule has 0 nitrogen and oxygen atoms in total. The maximum absolute atomic E-state index is 13.0. The van der Waals surface area contributed by atoms with Crippen LogP contribution in [0.5, 0.6) is 0 Å². The van der Waals surface area contributed by atoms with E-state index in [4.69, 9.17) is 0 Å². The van der Waals surface area contributed by atoms with E-state index >= 15 is 0 Å². The summed E-state index contributed by atoms with van der Waals surface area (Å²) in [6.45, 7) is 3.80. The highest BCUT2D eigenvalue weighted by molar-refractivity contribution is 7.80. The number of hydrogen-bond donors (Lipinski definition) is 1. The van der Waals surface area contributed by atoms with Gasteiger partial charge in [0.25, 0.3) is 0 Å². The number of thiol groups is 1. The highest BCUT2D eigenvalue weighted by atomic mass is 32.1. The van der Waals surface area contributed by atoms with Crippen LogP contribution < -0.4 is 0 Å². The van der Waals surface area contributed by atoms with Crippen LogP contribution in [-0.4, -0.2) is 0 Å². The van der Waals surface area contributed by atoms with Crippen LogP contribution in [0.2, 0.25) is 0 Å². The molecule has 1 rings (SSSR count). The van der Waals surface area contributed by atoms with Crippen LogP contribution in [0, 0.1) is 12.7 Å². The Labute approximate surface area is 71.8 Å². The molecule has 0 bridgehead atoms. The lowest BCUT2D eigenvalue weighted by Gasteiger charge is -2.04. The monoisotopic (exact) mass is 170 g/mol. The van der Waals surface area contributed by atoms with Gasteiger partial charge in [-0.25, -0.2) is 4.39 Å². The van der Waals surface area contributed by atoms with Crippen LogP contribution in [0.25, 0.3) is 0 Å². The zero-order valence-electron chi connectivity index (χ0n) is 6.69. The molecule has 0 aromatic heterocycles. The molecular weight excluding hydrogens is 159 g/mol. The lowest BCUT2D eigenvalue weighted by atomic mass is 10.1. The average molecular weight is 170 g/mol. The van der Waals surface area contributed by atoms with E-state index in [0.717, 1.165) is 17.5 Å².